The van der Waals surface area contributed by atoms with Crippen molar-refractivity contribution in [3.8, 4) is 39.1 Å². The average Bonchev–Trinajstić information content (AvgIpc) is 3.89. The van der Waals surface area contributed by atoms with Crippen LogP contribution in [0.15, 0.2) is 231 Å². The molecule has 0 aliphatic heterocycles. The van der Waals surface area contributed by atoms with E-state index in [1.807, 2.05) is 11.3 Å². The lowest BCUT2D eigenvalue weighted by molar-refractivity contribution is 1.19. The maximum absolute atomic E-state index is 2.42. The second kappa shape index (κ2) is 15.0. The first kappa shape index (κ1) is 36.1. The lowest BCUT2D eigenvalue weighted by Gasteiger charge is -2.12. The molecular formula is C60H39NS. The van der Waals surface area contributed by atoms with Crippen molar-refractivity contribution in [2.24, 2.45) is 0 Å². The van der Waals surface area contributed by atoms with Crippen LogP contribution >= 0.6 is 11.3 Å². The number of nitrogens with zero attached hydrogens (tertiary/aromatic N) is 1. The molecule has 0 saturated heterocycles. The summed E-state index contributed by atoms with van der Waals surface area (Å²) in [6.45, 7) is 0. The van der Waals surface area contributed by atoms with Gasteiger partial charge in [0.2, 0.25) is 0 Å². The van der Waals surface area contributed by atoms with Crippen LogP contribution < -0.4 is 0 Å². The van der Waals surface area contributed by atoms with Crippen LogP contribution in [-0.4, -0.2) is 4.57 Å². The van der Waals surface area contributed by atoms with Gasteiger partial charge >= 0.3 is 0 Å². The Kier molecular flexibility index (Phi) is 8.76. The fourth-order valence-electron chi connectivity index (χ4n) is 9.32. The normalized spacial score (nSPS) is 11.5. The van der Waals surface area contributed by atoms with Crippen molar-refractivity contribution in [3.05, 3.63) is 247 Å². The van der Waals surface area contributed by atoms with E-state index in [-0.39, 0.29) is 0 Å². The Balaban J connectivity index is 0.921. The third kappa shape index (κ3) is 6.32. The Hall–Kier alpha value is -7.78. The number of aromatic nitrogens is 1. The summed E-state index contributed by atoms with van der Waals surface area (Å²) >= 11 is 1.88. The van der Waals surface area contributed by atoms with E-state index in [2.05, 4.69) is 241 Å². The minimum Gasteiger partial charge on any atom is -0.309 e. The molecule has 0 N–H and O–H groups in total. The van der Waals surface area contributed by atoms with Crippen molar-refractivity contribution >= 4 is 75.7 Å². The number of hydrogen-bond acceptors (Lipinski definition) is 1. The van der Waals surface area contributed by atoms with Crippen LogP contribution in [0.3, 0.4) is 0 Å². The summed E-state index contributed by atoms with van der Waals surface area (Å²) in [7, 11) is 0. The van der Waals surface area contributed by atoms with Crippen molar-refractivity contribution in [2.45, 2.75) is 0 Å². The molecule has 62 heavy (non-hydrogen) atoms. The van der Waals surface area contributed by atoms with E-state index in [0.29, 0.717) is 0 Å². The van der Waals surface area contributed by atoms with E-state index in [0.717, 1.165) is 0 Å². The highest BCUT2D eigenvalue weighted by Crippen LogP contribution is 2.41. The van der Waals surface area contributed by atoms with E-state index in [1.165, 1.54) is 114 Å². The quantitative estimate of drug-likeness (QED) is 0.141. The predicted octanol–water partition coefficient (Wildman–Crippen LogP) is 16.9. The highest BCUT2D eigenvalue weighted by molar-refractivity contribution is 7.25. The van der Waals surface area contributed by atoms with Crippen LogP contribution in [0.1, 0.15) is 16.7 Å². The molecule has 10 aromatic carbocycles. The van der Waals surface area contributed by atoms with Gasteiger partial charge in [-0.2, -0.15) is 0 Å². The maximum atomic E-state index is 2.42. The van der Waals surface area contributed by atoms with Gasteiger partial charge in [-0.15, -0.1) is 11.3 Å². The molecule has 0 aliphatic rings. The molecule has 0 amide bonds. The topological polar surface area (TPSA) is 4.93 Å². The zero-order valence-corrected chi connectivity index (χ0v) is 34.7. The van der Waals surface area contributed by atoms with E-state index < -0.39 is 0 Å². The van der Waals surface area contributed by atoms with Crippen LogP contribution in [-0.2, 0) is 0 Å². The number of benzene rings is 10. The van der Waals surface area contributed by atoms with Crippen molar-refractivity contribution in [1.82, 2.24) is 4.57 Å². The summed E-state index contributed by atoms with van der Waals surface area (Å²) in [5.74, 6) is 0. The summed E-state index contributed by atoms with van der Waals surface area (Å²) in [5.41, 5.74) is 15.8. The molecule has 0 saturated carbocycles. The van der Waals surface area contributed by atoms with Crippen molar-refractivity contribution in [1.29, 1.82) is 0 Å². The molecule has 0 fully saturated rings. The van der Waals surface area contributed by atoms with E-state index in [9.17, 15) is 0 Å². The molecular weight excluding hydrogens is 767 g/mol. The van der Waals surface area contributed by atoms with E-state index >= 15 is 0 Å². The van der Waals surface area contributed by atoms with Gasteiger partial charge in [-0.25, -0.2) is 0 Å². The molecule has 0 atom stereocenters. The molecule has 0 aliphatic carbocycles. The van der Waals surface area contributed by atoms with Crippen LogP contribution in [0.2, 0.25) is 0 Å². The van der Waals surface area contributed by atoms with Crippen molar-refractivity contribution < 1.29 is 0 Å². The van der Waals surface area contributed by atoms with Gasteiger partial charge in [0.15, 0.2) is 0 Å². The standard InChI is InChI=1S/C60H39NS/c1-4-12-41(13-5-1)43-21-25-45(26-22-43)56(46-27-23-44(24-28-46)42-14-6-2-7-15-42)36-40-20-32-53-54-34-30-48(39-59(54)62-58(53)37-40)47-29-33-51-49(38-47)31-35-55-52-18-10-11-19-57(52)61(60(51)55)50-16-8-3-9-17-50/h1-39H. The summed E-state index contributed by atoms with van der Waals surface area (Å²) in [6, 6.07) is 84.2. The highest BCUT2D eigenvalue weighted by Gasteiger charge is 2.16. The molecule has 2 aromatic heterocycles. The Morgan fingerprint density at radius 1 is 0.355 bits per heavy atom. The zero-order chi connectivity index (χ0) is 41.0. The lowest BCUT2D eigenvalue weighted by Crippen LogP contribution is -1.93. The molecule has 1 nitrogen and oxygen atoms in total. The fraction of sp³-hybridized carbons (Fsp3) is 0. The monoisotopic (exact) mass is 805 g/mol. The Bertz CT molecular complexity index is 3550. The van der Waals surface area contributed by atoms with Crippen molar-refractivity contribution in [3.63, 3.8) is 0 Å². The summed E-state index contributed by atoms with van der Waals surface area (Å²) in [5, 5.41) is 7.64. The molecule has 2 heterocycles. The van der Waals surface area contributed by atoms with Gasteiger partial charge in [0.25, 0.3) is 0 Å². The third-order valence-electron chi connectivity index (χ3n) is 12.4. The number of rotatable bonds is 7. The molecule has 12 aromatic rings. The minimum atomic E-state index is 1.18. The first-order chi connectivity index (χ1) is 30.7. The highest BCUT2D eigenvalue weighted by atomic mass is 32.1. The number of hydrogen-bond donors (Lipinski definition) is 0. The Labute approximate surface area is 364 Å². The molecule has 290 valence electrons. The smallest absolute Gasteiger partial charge is 0.0619 e. The fourth-order valence-corrected chi connectivity index (χ4v) is 10.5. The van der Waals surface area contributed by atoms with Gasteiger partial charge < -0.3 is 4.57 Å². The van der Waals surface area contributed by atoms with Crippen LogP contribution in [0.4, 0.5) is 0 Å². The molecule has 0 radical (unpaired) electrons. The van der Waals surface area contributed by atoms with Crippen LogP contribution in [0, 0.1) is 0 Å². The van der Waals surface area contributed by atoms with Crippen LogP contribution in [0.5, 0.6) is 0 Å². The minimum absolute atomic E-state index is 1.18. The largest absolute Gasteiger partial charge is 0.309 e. The first-order valence-corrected chi connectivity index (χ1v) is 22.0. The van der Waals surface area contributed by atoms with Gasteiger partial charge in [0, 0.05) is 42.0 Å². The number of thiophene rings is 1. The first-order valence-electron chi connectivity index (χ1n) is 21.2. The van der Waals surface area contributed by atoms with E-state index in [1.54, 1.807) is 0 Å². The maximum Gasteiger partial charge on any atom is 0.0619 e. The predicted molar refractivity (Wildman–Crippen MR) is 267 cm³/mol. The zero-order valence-electron chi connectivity index (χ0n) is 33.9. The Morgan fingerprint density at radius 3 is 1.52 bits per heavy atom. The van der Waals surface area contributed by atoms with Gasteiger partial charge in [0.1, 0.15) is 0 Å². The summed E-state index contributed by atoms with van der Waals surface area (Å²) < 4.78 is 5.01. The van der Waals surface area contributed by atoms with Gasteiger partial charge in [-0.1, -0.05) is 194 Å². The third-order valence-corrected chi connectivity index (χ3v) is 13.5. The average molecular weight is 806 g/mol. The number of fused-ring (bicyclic) bond motifs is 8. The molecule has 12 rings (SSSR count). The molecule has 0 bridgehead atoms. The lowest BCUT2D eigenvalue weighted by atomic mass is 9.92. The van der Waals surface area contributed by atoms with Crippen LogP contribution in [0.25, 0.3) is 103 Å². The van der Waals surface area contributed by atoms with Gasteiger partial charge in [-0.3, -0.25) is 0 Å². The summed E-state index contributed by atoms with van der Waals surface area (Å²) in [4.78, 5) is 0. The SMILES string of the molecule is C(=C(c1ccc(-c2ccccc2)cc1)c1ccc(-c2ccccc2)cc1)c1ccc2c(c1)sc1cc(-c3ccc4c(ccc5c6ccccc6n(-c6ccccc6)c45)c3)ccc12. The van der Waals surface area contributed by atoms with Crippen molar-refractivity contribution in [2.75, 3.05) is 0 Å². The molecule has 2 heteroatoms. The molecule has 0 spiro atoms. The molecule has 0 unspecified atom stereocenters. The summed E-state index contributed by atoms with van der Waals surface area (Å²) in [6.07, 6.45) is 2.35. The van der Waals surface area contributed by atoms with E-state index in [4.69, 9.17) is 0 Å². The van der Waals surface area contributed by atoms with Gasteiger partial charge in [-0.05, 0) is 104 Å². The second-order valence-electron chi connectivity index (χ2n) is 16.1. The van der Waals surface area contributed by atoms with Gasteiger partial charge in [0.05, 0.1) is 11.0 Å². The second-order valence-corrected chi connectivity index (χ2v) is 17.2. The number of para-hydroxylation sites is 2. The Morgan fingerprint density at radius 2 is 0.855 bits per heavy atom.